The number of hydrogen-bond acceptors (Lipinski definition) is 5. The van der Waals surface area contributed by atoms with E-state index in [1.165, 1.54) is 0 Å². The predicted octanol–water partition coefficient (Wildman–Crippen LogP) is 5.03. The summed E-state index contributed by atoms with van der Waals surface area (Å²) in [7, 11) is 1.90. The lowest BCUT2D eigenvalue weighted by Crippen LogP contribution is -2.11. The van der Waals surface area contributed by atoms with Gasteiger partial charge in [-0.25, -0.2) is 4.39 Å². The van der Waals surface area contributed by atoms with Gasteiger partial charge in [-0.15, -0.1) is 0 Å². The molecule has 0 aliphatic carbocycles. The third kappa shape index (κ3) is 6.62. The highest BCUT2D eigenvalue weighted by Gasteiger charge is 2.04. The standard InChI is InChI=1S/C23H26FNO4/c1-25-20-5-2-18(3-6-20)4-7-22-17-19-16-21(8-9-23(19)29-22)28-15-14-27-13-12-26-11-10-24/h2-9,16-17,25H,10-15H2,1H3. The van der Waals surface area contributed by atoms with E-state index in [0.717, 1.165) is 33.7 Å². The van der Waals surface area contributed by atoms with Gasteiger partial charge in [0.05, 0.1) is 26.4 Å². The van der Waals surface area contributed by atoms with Gasteiger partial charge in [-0.1, -0.05) is 18.2 Å². The van der Waals surface area contributed by atoms with Gasteiger partial charge in [0.2, 0.25) is 0 Å². The van der Waals surface area contributed by atoms with E-state index in [0.29, 0.717) is 26.4 Å². The highest BCUT2D eigenvalue weighted by Crippen LogP contribution is 2.25. The van der Waals surface area contributed by atoms with Crippen LogP contribution in [0.2, 0.25) is 0 Å². The summed E-state index contributed by atoms with van der Waals surface area (Å²) in [4.78, 5) is 0. The van der Waals surface area contributed by atoms with Crippen LogP contribution < -0.4 is 10.1 Å². The fourth-order valence-corrected chi connectivity index (χ4v) is 2.75. The second kappa shape index (κ2) is 11.2. The van der Waals surface area contributed by atoms with Crippen LogP contribution in [0.3, 0.4) is 0 Å². The molecule has 0 fully saturated rings. The number of halogens is 1. The Hall–Kier alpha value is -2.83. The van der Waals surface area contributed by atoms with Crippen molar-refractivity contribution >= 4 is 28.8 Å². The molecule has 29 heavy (non-hydrogen) atoms. The van der Waals surface area contributed by atoms with E-state index >= 15 is 0 Å². The average Bonchev–Trinajstić information content (AvgIpc) is 3.17. The number of furan rings is 1. The average molecular weight is 399 g/mol. The highest BCUT2D eigenvalue weighted by atomic mass is 19.1. The zero-order valence-corrected chi connectivity index (χ0v) is 16.5. The van der Waals surface area contributed by atoms with Crippen molar-refractivity contribution in [2.75, 3.05) is 52.1 Å². The van der Waals surface area contributed by atoms with Crippen LogP contribution in [0.5, 0.6) is 5.75 Å². The molecule has 0 bridgehead atoms. The molecular formula is C23H26FNO4. The first-order valence-electron chi connectivity index (χ1n) is 9.62. The van der Waals surface area contributed by atoms with Crippen LogP contribution >= 0.6 is 0 Å². The molecule has 5 nitrogen and oxygen atoms in total. The molecule has 3 rings (SSSR count). The van der Waals surface area contributed by atoms with Crippen LogP contribution in [0.1, 0.15) is 11.3 Å². The van der Waals surface area contributed by atoms with Crippen molar-refractivity contribution in [2.45, 2.75) is 0 Å². The minimum atomic E-state index is -0.471. The van der Waals surface area contributed by atoms with Crippen LogP contribution in [-0.4, -0.2) is 46.8 Å². The van der Waals surface area contributed by atoms with Crippen LogP contribution in [0.4, 0.5) is 10.1 Å². The fourth-order valence-electron chi connectivity index (χ4n) is 2.75. The molecule has 0 unspecified atom stereocenters. The van der Waals surface area contributed by atoms with Gasteiger partial charge in [0.25, 0.3) is 0 Å². The Morgan fingerprint density at radius 3 is 2.41 bits per heavy atom. The van der Waals surface area contributed by atoms with Crippen molar-refractivity contribution in [1.82, 2.24) is 0 Å². The van der Waals surface area contributed by atoms with Crippen molar-refractivity contribution in [3.05, 3.63) is 59.9 Å². The smallest absolute Gasteiger partial charge is 0.135 e. The molecule has 1 N–H and O–H groups in total. The summed E-state index contributed by atoms with van der Waals surface area (Å²) in [6.45, 7) is 1.34. The molecule has 3 aromatic rings. The SMILES string of the molecule is CNc1ccc(C=Cc2cc3cc(OCCOCCOCCF)ccc3o2)cc1. The summed E-state index contributed by atoms with van der Waals surface area (Å²) in [6.07, 6.45) is 3.97. The molecule has 2 aromatic carbocycles. The minimum Gasteiger partial charge on any atom is -0.491 e. The molecular weight excluding hydrogens is 373 g/mol. The van der Waals surface area contributed by atoms with Gasteiger partial charge in [-0.3, -0.25) is 0 Å². The maximum absolute atomic E-state index is 11.9. The van der Waals surface area contributed by atoms with Crippen LogP contribution in [0.15, 0.2) is 52.9 Å². The molecule has 0 aliphatic rings. The summed E-state index contributed by atoms with van der Waals surface area (Å²) < 4.78 is 33.8. The third-order valence-electron chi connectivity index (χ3n) is 4.24. The van der Waals surface area contributed by atoms with Gasteiger partial charge in [-0.2, -0.15) is 0 Å². The molecule has 0 amide bonds. The second-order valence-electron chi connectivity index (χ2n) is 6.32. The highest BCUT2D eigenvalue weighted by molar-refractivity contribution is 5.83. The predicted molar refractivity (Wildman–Crippen MR) is 114 cm³/mol. The summed E-state index contributed by atoms with van der Waals surface area (Å²) >= 11 is 0. The molecule has 0 atom stereocenters. The molecule has 0 saturated heterocycles. The van der Waals surface area contributed by atoms with Crippen LogP contribution in [0.25, 0.3) is 23.1 Å². The van der Waals surface area contributed by atoms with E-state index in [4.69, 9.17) is 18.6 Å². The van der Waals surface area contributed by atoms with Crippen molar-refractivity contribution in [2.24, 2.45) is 0 Å². The summed E-state index contributed by atoms with van der Waals surface area (Å²) in [6, 6.07) is 15.9. The lowest BCUT2D eigenvalue weighted by Gasteiger charge is -2.07. The molecule has 0 saturated carbocycles. The third-order valence-corrected chi connectivity index (χ3v) is 4.24. The number of benzene rings is 2. The Balaban J connectivity index is 1.49. The lowest BCUT2D eigenvalue weighted by molar-refractivity contribution is 0.0325. The number of hydrogen-bond donors (Lipinski definition) is 1. The first kappa shape index (κ1) is 20.9. The summed E-state index contributed by atoms with van der Waals surface area (Å²) in [5.74, 6) is 1.54. The first-order valence-corrected chi connectivity index (χ1v) is 9.62. The first-order chi connectivity index (χ1) is 14.3. The summed E-state index contributed by atoms with van der Waals surface area (Å²) in [5.41, 5.74) is 2.99. The molecule has 0 spiro atoms. The van der Waals surface area contributed by atoms with E-state index in [9.17, 15) is 4.39 Å². The molecule has 1 heterocycles. The zero-order valence-electron chi connectivity index (χ0n) is 16.5. The van der Waals surface area contributed by atoms with E-state index in [2.05, 4.69) is 5.32 Å². The van der Waals surface area contributed by atoms with E-state index < -0.39 is 6.67 Å². The molecule has 6 heteroatoms. The Kier molecular flexibility index (Phi) is 8.10. The quantitative estimate of drug-likeness (QED) is 0.433. The fraction of sp³-hybridized carbons (Fsp3) is 0.304. The molecule has 0 radical (unpaired) electrons. The maximum atomic E-state index is 11.9. The second-order valence-corrected chi connectivity index (χ2v) is 6.32. The maximum Gasteiger partial charge on any atom is 0.135 e. The number of nitrogens with one attached hydrogen (secondary N) is 1. The van der Waals surface area contributed by atoms with Crippen molar-refractivity contribution in [3.63, 3.8) is 0 Å². The van der Waals surface area contributed by atoms with Crippen LogP contribution in [0, 0.1) is 0 Å². The molecule has 0 aliphatic heterocycles. The Bertz CT molecular complexity index is 905. The number of anilines is 1. The largest absolute Gasteiger partial charge is 0.491 e. The van der Waals surface area contributed by atoms with Crippen LogP contribution in [-0.2, 0) is 9.47 Å². The van der Waals surface area contributed by atoms with E-state index in [1.807, 2.05) is 67.7 Å². The normalized spacial score (nSPS) is 11.4. The van der Waals surface area contributed by atoms with E-state index in [1.54, 1.807) is 0 Å². The monoisotopic (exact) mass is 399 g/mol. The lowest BCUT2D eigenvalue weighted by atomic mass is 10.2. The van der Waals surface area contributed by atoms with E-state index in [-0.39, 0.29) is 6.61 Å². The van der Waals surface area contributed by atoms with Gasteiger partial charge in [0.15, 0.2) is 0 Å². The van der Waals surface area contributed by atoms with Crippen molar-refractivity contribution in [1.29, 1.82) is 0 Å². The number of fused-ring (bicyclic) bond motifs is 1. The van der Waals surface area contributed by atoms with Gasteiger partial charge < -0.3 is 23.9 Å². The topological polar surface area (TPSA) is 52.9 Å². The Morgan fingerprint density at radius 2 is 1.66 bits per heavy atom. The van der Waals surface area contributed by atoms with Gasteiger partial charge >= 0.3 is 0 Å². The van der Waals surface area contributed by atoms with Gasteiger partial charge in [0, 0.05) is 18.1 Å². The molecule has 154 valence electrons. The Labute approximate surface area is 170 Å². The van der Waals surface area contributed by atoms with Crippen molar-refractivity contribution in [3.8, 4) is 5.75 Å². The van der Waals surface area contributed by atoms with Gasteiger partial charge in [-0.05, 0) is 48.0 Å². The Morgan fingerprint density at radius 1 is 0.897 bits per heavy atom. The molecule has 1 aromatic heterocycles. The van der Waals surface area contributed by atoms with Crippen molar-refractivity contribution < 1.29 is 23.0 Å². The minimum absolute atomic E-state index is 0.115. The number of ether oxygens (including phenoxy) is 3. The van der Waals surface area contributed by atoms with Gasteiger partial charge in [0.1, 0.15) is 30.4 Å². The zero-order chi connectivity index (χ0) is 20.3. The summed E-state index contributed by atoms with van der Waals surface area (Å²) in [5, 5.41) is 4.08. The number of rotatable bonds is 12. The number of alkyl halides is 1.